The zero-order chi connectivity index (χ0) is 31.4. The molecule has 1 atom stereocenters. The zero-order valence-electron chi connectivity index (χ0n) is 27.2. The number of phenolic OH excluding ortho intramolecular Hbond substituents is 1. The molecule has 0 spiro atoms. The third kappa shape index (κ3) is 12.6. The van der Waals surface area contributed by atoms with Gasteiger partial charge in [0.1, 0.15) is 28.8 Å². The summed E-state index contributed by atoms with van der Waals surface area (Å²) in [5.74, 6) is 3.40. The second kappa shape index (κ2) is 20.4. The van der Waals surface area contributed by atoms with Gasteiger partial charge in [0.25, 0.3) is 0 Å². The molecule has 2 aromatic carbocycles. The summed E-state index contributed by atoms with van der Waals surface area (Å²) in [6.07, 6.45) is 15.8. The molecule has 1 aromatic heterocycles. The summed E-state index contributed by atoms with van der Waals surface area (Å²) in [7, 11) is 0. The lowest BCUT2D eigenvalue weighted by molar-refractivity contribution is 0.272. The molecule has 1 unspecified atom stereocenters. The highest BCUT2D eigenvalue weighted by Gasteiger charge is 2.21. The SMILES string of the molecule is CCCCCCCOc1ccc(-c2nc(N)nc(C(CCCCC)COc3cccc(O)c3)n2)c(OCCCCCCC)c1. The van der Waals surface area contributed by atoms with Gasteiger partial charge >= 0.3 is 0 Å². The molecular weight excluding hydrogens is 552 g/mol. The van der Waals surface area contributed by atoms with Crippen LogP contribution in [0.5, 0.6) is 23.0 Å². The lowest BCUT2D eigenvalue weighted by atomic mass is 10.0. The normalized spacial score (nSPS) is 11.8. The number of nitrogens with two attached hydrogens (primary N) is 1. The Labute approximate surface area is 264 Å². The van der Waals surface area contributed by atoms with Crippen LogP contribution in [0.1, 0.15) is 122 Å². The van der Waals surface area contributed by atoms with Gasteiger partial charge in [0.2, 0.25) is 5.95 Å². The van der Waals surface area contributed by atoms with E-state index in [1.807, 2.05) is 24.3 Å². The Morgan fingerprint density at radius 1 is 0.682 bits per heavy atom. The molecule has 3 rings (SSSR count). The smallest absolute Gasteiger partial charge is 0.223 e. The summed E-state index contributed by atoms with van der Waals surface area (Å²) < 4.78 is 18.5. The second-order valence-electron chi connectivity index (χ2n) is 11.6. The monoisotopic (exact) mass is 606 g/mol. The number of aromatic nitrogens is 3. The highest BCUT2D eigenvalue weighted by Crippen LogP contribution is 2.34. The van der Waals surface area contributed by atoms with Gasteiger partial charge in [-0.25, -0.2) is 4.98 Å². The molecule has 1 heterocycles. The van der Waals surface area contributed by atoms with E-state index in [-0.39, 0.29) is 17.6 Å². The van der Waals surface area contributed by atoms with E-state index in [9.17, 15) is 5.11 Å². The summed E-state index contributed by atoms with van der Waals surface area (Å²) in [5.41, 5.74) is 7.05. The Morgan fingerprint density at radius 2 is 1.34 bits per heavy atom. The Bertz CT molecular complexity index is 1220. The van der Waals surface area contributed by atoms with Gasteiger partial charge in [-0.3, -0.25) is 0 Å². The number of hydrogen-bond acceptors (Lipinski definition) is 8. The largest absolute Gasteiger partial charge is 0.508 e. The van der Waals surface area contributed by atoms with Crippen LogP contribution in [-0.2, 0) is 0 Å². The van der Waals surface area contributed by atoms with Gasteiger partial charge in [-0.1, -0.05) is 97.5 Å². The number of aromatic hydroxyl groups is 1. The van der Waals surface area contributed by atoms with E-state index >= 15 is 0 Å². The molecule has 0 aliphatic carbocycles. The van der Waals surface area contributed by atoms with Gasteiger partial charge in [0.05, 0.1) is 31.3 Å². The minimum Gasteiger partial charge on any atom is -0.508 e. The third-order valence-electron chi connectivity index (χ3n) is 7.68. The van der Waals surface area contributed by atoms with Gasteiger partial charge in [0, 0.05) is 12.1 Å². The van der Waals surface area contributed by atoms with Crippen LogP contribution in [0.2, 0.25) is 0 Å². The number of ether oxygens (including phenoxy) is 3. The van der Waals surface area contributed by atoms with E-state index in [2.05, 4.69) is 30.7 Å². The third-order valence-corrected chi connectivity index (χ3v) is 7.68. The van der Waals surface area contributed by atoms with Crippen molar-refractivity contribution in [1.29, 1.82) is 0 Å². The fourth-order valence-corrected chi connectivity index (χ4v) is 5.09. The van der Waals surface area contributed by atoms with Crippen molar-refractivity contribution in [1.82, 2.24) is 15.0 Å². The van der Waals surface area contributed by atoms with E-state index in [4.69, 9.17) is 24.9 Å². The van der Waals surface area contributed by atoms with Crippen LogP contribution < -0.4 is 19.9 Å². The first-order valence-corrected chi connectivity index (χ1v) is 16.9. The van der Waals surface area contributed by atoms with Crippen LogP contribution in [-0.4, -0.2) is 39.9 Å². The predicted molar refractivity (Wildman–Crippen MR) is 179 cm³/mol. The number of hydrogen-bond donors (Lipinski definition) is 2. The van der Waals surface area contributed by atoms with Crippen LogP contribution in [0.4, 0.5) is 5.95 Å². The lowest BCUT2D eigenvalue weighted by Crippen LogP contribution is -2.16. The van der Waals surface area contributed by atoms with Crippen molar-refractivity contribution in [2.24, 2.45) is 0 Å². The first-order chi connectivity index (χ1) is 21.5. The number of rotatable bonds is 23. The Hall–Kier alpha value is -3.55. The Morgan fingerprint density at radius 3 is 2.05 bits per heavy atom. The second-order valence-corrected chi connectivity index (χ2v) is 11.6. The first kappa shape index (κ1) is 34.9. The van der Waals surface area contributed by atoms with Gasteiger partial charge < -0.3 is 25.1 Å². The van der Waals surface area contributed by atoms with Crippen molar-refractivity contribution < 1.29 is 19.3 Å². The van der Waals surface area contributed by atoms with Gasteiger partial charge in [-0.15, -0.1) is 0 Å². The summed E-state index contributed by atoms with van der Waals surface area (Å²) in [4.78, 5) is 14.0. The number of nitrogens with zero attached hydrogens (tertiary/aromatic N) is 3. The molecule has 0 saturated carbocycles. The molecule has 0 radical (unpaired) electrons. The molecule has 0 fully saturated rings. The van der Waals surface area contributed by atoms with Crippen molar-refractivity contribution >= 4 is 5.95 Å². The molecule has 8 heteroatoms. The maximum atomic E-state index is 9.87. The maximum absolute atomic E-state index is 9.87. The van der Waals surface area contributed by atoms with Crippen LogP contribution in [0.15, 0.2) is 42.5 Å². The lowest BCUT2D eigenvalue weighted by Gasteiger charge is -2.18. The number of benzene rings is 2. The minimum absolute atomic E-state index is 0.0915. The van der Waals surface area contributed by atoms with E-state index in [0.717, 1.165) is 56.3 Å². The van der Waals surface area contributed by atoms with Gasteiger partial charge in [0.15, 0.2) is 5.82 Å². The molecule has 8 nitrogen and oxygen atoms in total. The van der Waals surface area contributed by atoms with E-state index in [1.165, 1.54) is 44.9 Å². The molecule has 0 bridgehead atoms. The number of unbranched alkanes of at least 4 members (excludes halogenated alkanes) is 10. The average Bonchev–Trinajstić information content (AvgIpc) is 3.02. The van der Waals surface area contributed by atoms with Crippen LogP contribution in [0, 0.1) is 0 Å². The summed E-state index contributed by atoms with van der Waals surface area (Å²) in [6, 6.07) is 12.7. The highest BCUT2D eigenvalue weighted by molar-refractivity contribution is 5.66. The fourth-order valence-electron chi connectivity index (χ4n) is 5.09. The summed E-state index contributed by atoms with van der Waals surface area (Å²) in [5, 5.41) is 9.87. The van der Waals surface area contributed by atoms with E-state index in [1.54, 1.807) is 18.2 Å². The first-order valence-electron chi connectivity index (χ1n) is 16.9. The predicted octanol–water partition coefficient (Wildman–Crippen LogP) is 9.27. The topological polar surface area (TPSA) is 113 Å². The van der Waals surface area contributed by atoms with E-state index < -0.39 is 0 Å². The maximum Gasteiger partial charge on any atom is 0.223 e. The number of anilines is 1. The van der Waals surface area contributed by atoms with Crippen molar-refractivity contribution in [2.75, 3.05) is 25.6 Å². The molecule has 0 saturated heterocycles. The average molecular weight is 607 g/mol. The molecule has 0 amide bonds. The molecule has 3 N–H and O–H groups in total. The standard InChI is InChI=1S/C36H54N4O4/c1-4-7-10-12-15-23-42-31-21-22-32(33(26-31)43-24-16-13-11-8-5-2)35-38-34(39-36(37)40-35)28(18-14-9-6-3)27-44-30-20-17-19-29(41)25-30/h17,19-22,25-26,28,41H,4-16,18,23-24,27H2,1-3H3,(H2,37,38,39,40). The van der Waals surface area contributed by atoms with Crippen LogP contribution in [0.25, 0.3) is 11.4 Å². The number of phenols is 1. The highest BCUT2D eigenvalue weighted by atomic mass is 16.5. The fraction of sp³-hybridized carbons (Fsp3) is 0.583. The molecular formula is C36H54N4O4. The molecule has 44 heavy (non-hydrogen) atoms. The van der Waals surface area contributed by atoms with Crippen molar-refractivity contribution in [3.63, 3.8) is 0 Å². The van der Waals surface area contributed by atoms with Crippen LogP contribution >= 0.6 is 0 Å². The molecule has 3 aromatic rings. The molecule has 0 aliphatic rings. The number of nitrogen functional groups attached to an aromatic ring is 1. The Balaban J connectivity index is 1.83. The quantitative estimate of drug-likeness (QED) is 0.103. The van der Waals surface area contributed by atoms with Gasteiger partial charge in [-0.05, 0) is 43.5 Å². The molecule has 0 aliphatic heterocycles. The Kier molecular flexibility index (Phi) is 16.2. The zero-order valence-corrected chi connectivity index (χ0v) is 27.2. The van der Waals surface area contributed by atoms with Crippen molar-refractivity contribution in [3.05, 3.63) is 48.3 Å². The van der Waals surface area contributed by atoms with Gasteiger partial charge in [-0.2, -0.15) is 9.97 Å². The van der Waals surface area contributed by atoms with Crippen molar-refractivity contribution in [3.8, 4) is 34.4 Å². The van der Waals surface area contributed by atoms with Crippen molar-refractivity contribution in [2.45, 2.75) is 117 Å². The summed E-state index contributed by atoms with van der Waals surface area (Å²) >= 11 is 0. The molecule has 242 valence electrons. The summed E-state index contributed by atoms with van der Waals surface area (Å²) in [6.45, 7) is 8.29. The van der Waals surface area contributed by atoms with E-state index in [0.29, 0.717) is 43.0 Å². The minimum atomic E-state index is -0.0915. The van der Waals surface area contributed by atoms with Crippen LogP contribution in [0.3, 0.4) is 0 Å².